The zero-order chi connectivity index (χ0) is 21.2. The molecule has 5 heterocycles. The van der Waals surface area contributed by atoms with Crippen LogP contribution in [0.5, 0.6) is 0 Å². The third kappa shape index (κ3) is 2.57. The molecule has 2 amide bonds. The average molecular weight is 412 g/mol. The minimum absolute atomic E-state index is 0.0887. The molecule has 4 aliphatic rings. The standard InChI is InChI=1S/C23H28N2O5/c1-12(2)7-9-24-21(27)18-17-6-8-23(30-17)19(18)22(28)25-14(16-5-4-10-29-16)11-15(26)13(3)20(23)25/h4-6,8,10,12-14,17-20H,7,9,11H2,1-3H3,(H,24,27)/t13-,14-,17+,18-,19+,20+,23-/m0/s1. The fourth-order valence-corrected chi connectivity index (χ4v) is 5.86. The summed E-state index contributed by atoms with van der Waals surface area (Å²) in [4.78, 5) is 41.5. The van der Waals surface area contributed by atoms with Gasteiger partial charge in [0.2, 0.25) is 11.8 Å². The van der Waals surface area contributed by atoms with Crippen LogP contribution in [0.3, 0.4) is 0 Å². The lowest BCUT2D eigenvalue weighted by atomic mass is 9.70. The zero-order valence-corrected chi connectivity index (χ0v) is 17.5. The molecule has 3 saturated heterocycles. The van der Waals surface area contributed by atoms with E-state index in [9.17, 15) is 14.4 Å². The normalized spacial score (nSPS) is 39.0. The Morgan fingerprint density at radius 1 is 1.37 bits per heavy atom. The summed E-state index contributed by atoms with van der Waals surface area (Å²) in [5, 5.41) is 3.00. The zero-order valence-electron chi connectivity index (χ0n) is 17.5. The number of nitrogens with zero attached hydrogens (tertiary/aromatic N) is 1. The summed E-state index contributed by atoms with van der Waals surface area (Å²) >= 11 is 0. The number of nitrogens with one attached hydrogen (secondary N) is 1. The van der Waals surface area contributed by atoms with Gasteiger partial charge in [-0.05, 0) is 24.5 Å². The van der Waals surface area contributed by atoms with Crippen LogP contribution >= 0.6 is 0 Å². The van der Waals surface area contributed by atoms with Crippen molar-refractivity contribution in [1.29, 1.82) is 0 Å². The lowest BCUT2D eigenvalue weighted by molar-refractivity contribution is -0.148. The fourth-order valence-electron chi connectivity index (χ4n) is 5.86. The van der Waals surface area contributed by atoms with Crippen LogP contribution in [0.15, 0.2) is 35.0 Å². The highest BCUT2D eigenvalue weighted by atomic mass is 16.5. The van der Waals surface area contributed by atoms with E-state index >= 15 is 0 Å². The molecule has 3 fully saturated rings. The minimum Gasteiger partial charge on any atom is -0.467 e. The van der Waals surface area contributed by atoms with Crippen molar-refractivity contribution < 1.29 is 23.5 Å². The number of ketones is 1. The van der Waals surface area contributed by atoms with Crippen molar-refractivity contribution in [2.45, 2.75) is 57.4 Å². The molecular formula is C23H28N2O5. The second-order valence-corrected chi connectivity index (χ2v) is 9.45. The number of hydrogen-bond donors (Lipinski definition) is 1. The van der Waals surface area contributed by atoms with E-state index in [4.69, 9.17) is 9.15 Å². The first-order valence-electron chi connectivity index (χ1n) is 10.9. The molecule has 0 saturated carbocycles. The summed E-state index contributed by atoms with van der Waals surface area (Å²) in [5.41, 5.74) is -0.928. The molecule has 1 aromatic rings. The molecule has 0 aromatic carbocycles. The number of Topliss-reactive ketones (excluding diaryl/α,β-unsaturated/α-hetero) is 1. The molecule has 1 aromatic heterocycles. The number of piperidine rings is 1. The van der Waals surface area contributed by atoms with Gasteiger partial charge >= 0.3 is 0 Å². The van der Waals surface area contributed by atoms with Crippen molar-refractivity contribution in [2.75, 3.05) is 6.54 Å². The SMILES string of the molecule is CC(C)CCNC(=O)[C@H]1[C@H]2C=C[C@]3(O2)[C@H]1C(=O)N1[C@H](c2ccco2)CC(=O)[C@H](C)[C@@H]13. The Morgan fingerprint density at radius 3 is 2.87 bits per heavy atom. The Kier molecular flexibility index (Phi) is 4.43. The summed E-state index contributed by atoms with van der Waals surface area (Å²) in [6.07, 6.45) is 6.05. The van der Waals surface area contributed by atoms with Crippen LogP contribution in [0.1, 0.15) is 45.4 Å². The third-order valence-electron chi connectivity index (χ3n) is 7.28. The van der Waals surface area contributed by atoms with Crippen molar-refractivity contribution in [3.8, 4) is 0 Å². The molecule has 0 radical (unpaired) electrons. The smallest absolute Gasteiger partial charge is 0.230 e. The van der Waals surface area contributed by atoms with Crippen molar-refractivity contribution in [2.24, 2.45) is 23.7 Å². The summed E-state index contributed by atoms with van der Waals surface area (Å²) in [6.45, 7) is 6.66. The molecule has 2 bridgehead atoms. The van der Waals surface area contributed by atoms with Crippen LogP contribution in [0.4, 0.5) is 0 Å². The maximum absolute atomic E-state index is 13.7. The Labute approximate surface area is 175 Å². The summed E-state index contributed by atoms with van der Waals surface area (Å²) in [6, 6.07) is 2.68. The largest absolute Gasteiger partial charge is 0.467 e. The van der Waals surface area contributed by atoms with E-state index in [0.717, 1.165) is 6.42 Å². The van der Waals surface area contributed by atoms with E-state index in [1.165, 1.54) is 0 Å². The molecule has 5 rings (SSSR count). The highest BCUT2D eigenvalue weighted by Crippen LogP contribution is 2.59. The molecule has 30 heavy (non-hydrogen) atoms. The Balaban J connectivity index is 1.49. The van der Waals surface area contributed by atoms with Gasteiger partial charge in [-0.3, -0.25) is 14.4 Å². The summed E-state index contributed by atoms with van der Waals surface area (Å²) < 4.78 is 11.9. The van der Waals surface area contributed by atoms with E-state index in [-0.39, 0.29) is 29.9 Å². The van der Waals surface area contributed by atoms with Gasteiger partial charge in [0.1, 0.15) is 17.1 Å². The number of rotatable bonds is 5. The first-order valence-corrected chi connectivity index (χ1v) is 10.9. The van der Waals surface area contributed by atoms with Gasteiger partial charge in [0.25, 0.3) is 0 Å². The molecular weight excluding hydrogens is 384 g/mol. The fraction of sp³-hybridized carbons (Fsp3) is 0.609. The van der Waals surface area contributed by atoms with Crippen LogP contribution in [-0.2, 0) is 19.1 Å². The molecule has 160 valence electrons. The number of hydrogen-bond acceptors (Lipinski definition) is 5. The Morgan fingerprint density at radius 2 is 2.17 bits per heavy atom. The van der Waals surface area contributed by atoms with Gasteiger partial charge in [-0.25, -0.2) is 0 Å². The van der Waals surface area contributed by atoms with Gasteiger partial charge in [0.15, 0.2) is 0 Å². The number of fused-ring (bicyclic) bond motifs is 2. The van der Waals surface area contributed by atoms with Crippen LogP contribution in [0.2, 0.25) is 0 Å². The predicted octanol–water partition coefficient (Wildman–Crippen LogP) is 2.24. The number of carbonyl (C=O) groups is 3. The molecule has 0 unspecified atom stereocenters. The van der Waals surface area contributed by atoms with Crippen molar-refractivity contribution in [3.05, 3.63) is 36.3 Å². The number of furan rings is 1. The van der Waals surface area contributed by atoms with Crippen LogP contribution in [0, 0.1) is 23.7 Å². The van der Waals surface area contributed by atoms with Crippen LogP contribution in [-0.4, -0.2) is 46.8 Å². The van der Waals surface area contributed by atoms with Crippen molar-refractivity contribution in [3.63, 3.8) is 0 Å². The first-order chi connectivity index (χ1) is 14.3. The highest BCUT2D eigenvalue weighted by molar-refractivity contribution is 5.96. The molecule has 7 nitrogen and oxygen atoms in total. The first kappa shape index (κ1) is 19.5. The lowest BCUT2D eigenvalue weighted by Gasteiger charge is -2.43. The number of amides is 2. The quantitative estimate of drug-likeness (QED) is 0.750. The monoisotopic (exact) mass is 412 g/mol. The van der Waals surface area contributed by atoms with Gasteiger partial charge < -0.3 is 19.4 Å². The van der Waals surface area contributed by atoms with Crippen LogP contribution < -0.4 is 5.32 Å². The second kappa shape index (κ2) is 6.80. The van der Waals surface area contributed by atoms with Gasteiger partial charge in [-0.1, -0.05) is 32.9 Å². The molecule has 7 heteroatoms. The molecule has 1 spiro atoms. The van der Waals surface area contributed by atoms with Gasteiger partial charge in [0, 0.05) is 18.9 Å². The van der Waals surface area contributed by atoms with E-state index in [2.05, 4.69) is 19.2 Å². The van der Waals surface area contributed by atoms with E-state index in [0.29, 0.717) is 18.2 Å². The van der Waals surface area contributed by atoms with Crippen LogP contribution in [0.25, 0.3) is 0 Å². The highest BCUT2D eigenvalue weighted by Gasteiger charge is 2.74. The van der Waals surface area contributed by atoms with Crippen molar-refractivity contribution >= 4 is 17.6 Å². The van der Waals surface area contributed by atoms with Crippen molar-refractivity contribution in [1.82, 2.24) is 10.2 Å². The van der Waals surface area contributed by atoms with E-state index in [1.807, 2.05) is 19.1 Å². The van der Waals surface area contributed by atoms with E-state index in [1.54, 1.807) is 23.3 Å². The molecule has 0 aliphatic carbocycles. The predicted molar refractivity (Wildman–Crippen MR) is 107 cm³/mol. The second-order valence-electron chi connectivity index (χ2n) is 9.45. The van der Waals surface area contributed by atoms with Gasteiger partial charge in [-0.2, -0.15) is 0 Å². The molecule has 1 N–H and O–H groups in total. The Bertz CT molecular complexity index is 907. The summed E-state index contributed by atoms with van der Waals surface area (Å²) in [5.74, 6) is -0.628. The molecule has 4 aliphatic heterocycles. The maximum atomic E-state index is 13.7. The maximum Gasteiger partial charge on any atom is 0.230 e. The summed E-state index contributed by atoms with van der Waals surface area (Å²) in [7, 11) is 0. The number of carbonyl (C=O) groups excluding carboxylic acids is 3. The van der Waals surface area contributed by atoms with E-state index < -0.39 is 35.6 Å². The molecule has 7 atom stereocenters. The minimum atomic E-state index is -0.928. The number of ether oxygens (including phenoxy) is 1. The van der Waals surface area contributed by atoms with Gasteiger partial charge in [0.05, 0.1) is 36.3 Å². The topological polar surface area (TPSA) is 88.8 Å². The Hall–Kier alpha value is -2.41. The average Bonchev–Trinajstić information content (AvgIpc) is 3.46. The van der Waals surface area contributed by atoms with Gasteiger partial charge in [-0.15, -0.1) is 0 Å². The third-order valence-corrected chi connectivity index (χ3v) is 7.28. The lowest BCUT2D eigenvalue weighted by Crippen LogP contribution is -2.55.